The van der Waals surface area contributed by atoms with Crippen molar-refractivity contribution in [1.82, 2.24) is 10.1 Å². The van der Waals surface area contributed by atoms with Crippen molar-refractivity contribution in [3.05, 3.63) is 57.9 Å². The first-order valence-corrected chi connectivity index (χ1v) is 8.18. The molecule has 3 aromatic rings. The summed E-state index contributed by atoms with van der Waals surface area (Å²) in [6.07, 6.45) is 2.17. The van der Waals surface area contributed by atoms with Gasteiger partial charge in [-0.3, -0.25) is 0 Å². The van der Waals surface area contributed by atoms with Crippen LogP contribution in [-0.2, 0) is 11.3 Å². The minimum atomic E-state index is -0.407. The summed E-state index contributed by atoms with van der Waals surface area (Å²) in [6, 6.07) is 9.05. The first kappa shape index (κ1) is 15.1. The predicted octanol–water partition coefficient (Wildman–Crippen LogP) is 4.42. The molecular weight excluding hydrogens is 328 g/mol. The molecule has 122 valence electrons. The quantitative estimate of drug-likeness (QED) is 0.657. The molecule has 4 rings (SSSR count). The van der Waals surface area contributed by atoms with Gasteiger partial charge in [-0.2, -0.15) is 0 Å². The molecule has 5 nitrogen and oxygen atoms in total. The van der Waals surface area contributed by atoms with Crippen LogP contribution in [0.1, 0.15) is 46.1 Å². The van der Waals surface area contributed by atoms with Crippen LogP contribution in [0.4, 0.5) is 0 Å². The molecule has 6 heteroatoms. The largest absolute Gasteiger partial charge is 0.457 e. The maximum absolute atomic E-state index is 12.6. The molecule has 1 aliphatic carbocycles. The van der Waals surface area contributed by atoms with Gasteiger partial charge in [0.2, 0.25) is 0 Å². The van der Waals surface area contributed by atoms with Gasteiger partial charge in [-0.15, -0.1) is 0 Å². The average molecular weight is 343 g/mol. The molecule has 1 aromatic carbocycles. The molecule has 0 atom stereocenters. The molecule has 0 saturated heterocycles. The third-order valence-electron chi connectivity index (χ3n) is 4.11. The summed E-state index contributed by atoms with van der Waals surface area (Å²) in [7, 11) is 0. The third-order valence-corrected chi connectivity index (χ3v) is 4.35. The van der Waals surface area contributed by atoms with Gasteiger partial charge in [0, 0.05) is 16.6 Å². The predicted molar refractivity (Wildman–Crippen MR) is 89.1 cm³/mol. The zero-order valence-corrected chi connectivity index (χ0v) is 13.8. The van der Waals surface area contributed by atoms with Crippen molar-refractivity contribution in [1.29, 1.82) is 0 Å². The van der Waals surface area contributed by atoms with Crippen molar-refractivity contribution in [3.8, 4) is 0 Å². The second kappa shape index (κ2) is 5.91. The number of ether oxygens (including phenoxy) is 1. The van der Waals surface area contributed by atoms with Crippen molar-refractivity contribution in [2.24, 2.45) is 0 Å². The van der Waals surface area contributed by atoms with Gasteiger partial charge in [0.05, 0.1) is 16.6 Å². The smallest absolute Gasteiger partial charge is 0.339 e. The number of nitrogens with zero attached hydrogens (tertiary/aromatic N) is 2. The Balaban J connectivity index is 1.64. The highest BCUT2D eigenvalue weighted by Gasteiger charge is 2.29. The molecule has 0 radical (unpaired) electrons. The normalized spacial score (nSPS) is 14.1. The molecule has 24 heavy (non-hydrogen) atoms. The van der Waals surface area contributed by atoms with Gasteiger partial charge in [0.15, 0.2) is 0 Å². The van der Waals surface area contributed by atoms with Crippen molar-refractivity contribution < 1.29 is 14.1 Å². The number of fused-ring (bicyclic) bond motifs is 1. The van der Waals surface area contributed by atoms with Crippen molar-refractivity contribution in [2.45, 2.75) is 32.3 Å². The zero-order chi connectivity index (χ0) is 16.7. The fourth-order valence-electron chi connectivity index (χ4n) is 2.72. The number of pyridine rings is 1. The number of hydrogen-bond acceptors (Lipinski definition) is 5. The monoisotopic (exact) mass is 342 g/mol. The molecule has 0 N–H and O–H groups in total. The minimum absolute atomic E-state index is 0.159. The number of aromatic nitrogens is 2. The number of carbonyl (C=O) groups excluding carboxylic acids is 1. The van der Waals surface area contributed by atoms with E-state index in [-0.39, 0.29) is 6.61 Å². The van der Waals surface area contributed by atoms with E-state index < -0.39 is 5.97 Å². The lowest BCUT2D eigenvalue weighted by molar-refractivity contribution is 0.0474. The third kappa shape index (κ3) is 2.87. The number of carbonyl (C=O) groups is 1. The van der Waals surface area contributed by atoms with Gasteiger partial charge in [-0.25, -0.2) is 9.78 Å². The van der Waals surface area contributed by atoms with Crippen LogP contribution in [0.25, 0.3) is 11.1 Å². The van der Waals surface area contributed by atoms with E-state index in [1.165, 1.54) is 0 Å². The number of aryl methyl sites for hydroxylation is 1. The molecule has 1 aliphatic rings. The van der Waals surface area contributed by atoms with E-state index in [1.807, 2.05) is 18.2 Å². The number of rotatable bonds is 4. The van der Waals surface area contributed by atoms with Gasteiger partial charge in [-0.05, 0) is 43.5 Å². The summed E-state index contributed by atoms with van der Waals surface area (Å²) in [5.41, 5.74) is 3.20. The van der Waals surface area contributed by atoms with E-state index in [0.717, 1.165) is 24.1 Å². The Morgan fingerprint density at radius 2 is 2.21 bits per heavy atom. The zero-order valence-electron chi connectivity index (χ0n) is 13.1. The standard InChI is InChI=1S/C18H15ClN2O3/c1-10-16-14(8-15(12-5-6-12)20-17(16)24-21-10)18(22)23-9-11-3-2-4-13(19)7-11/h2-4,7-8,12H,5-6,9H2,1H3. The molecule has 2 heterocycles. The van der Waals surface area contributed by atoms with Crippen LogP contribution in [0.15, 0.2) is 34.9 Å². The molecule has 0 spiro atoms. The van der Waals surface area contributed by atoms with Gasteiger partial charge in [0.25, 0.3) is 5.71 Å². The topological polar surface area (TPSA) is 65.2 Å². The molecule has 2 aromatic heterocycles. The van der Waals surface area contributed by atoms with E-state index >= 15 is 0 Å². The second-order valence-electron chi connectivity index (χ2n) is 6.02. The average Bonchev–Trinajstić information content (AvgIpc) is 3.36. The Morgan fingerprint density at radius 3 is 2.96 bits per heavy atom. The Morgan fingerprint density at radius 1 is 1.38 bits per heavy atom. The number of halogens is 1. The SMILES string of the molecule is Cc1noc2nc(C3CC3)cc(C(=O)OCc3cccc(Cl)c3)c12. The van der Waals surface area contributed by atoms with Crippen LogP contribution in [0.2, 0.25) is 5.02 Å². The van der Waals surface area contributed by atoms with Gasteiger partial charge >= 0.3 is 5.97 Å². The maximum Gasteiger partial charge on any atom is 0.339 e. The van der Waals surface area contributed by atoms with Crippen LogP contribution in [0.3, 0.4) is 0 Å². The lowest BCUT2D eigenvalue weighted by Gasteiger charge is -2.07. The summed E-state index contributed by atoms with van der Waals surface area (Å²) >= 11 is 5.95. The van der Waals surface area contributed by atoms with Crippen LogP contribution in [0.5, 0.6) is 0 Å². The molecule has 0 aliphatic heterocycles. The molecule has 0 amide bonds. The van der Waals surface area contributed by atoms with Gasteiger partial charge in [-0.1, -0.05) is 28.9 Å². The Labute approximate surface area is 143 Å². The maximum atomic E-state index is 12.6. The first-order chi connectivity index (χ1) is 11.6. The van der Waals surface area contributed by atoms with Crippen LogP contribution >= 0.6 is 11.6 Å². The van der Waals surface area contributed by atoms with E-state index in [4.69, 9.17) is 20.9 Å². The lowest BCUT2D eigenvalue weighted by atomic mass is 10.1. The van der Waals surface area contributed by atoms with Crippen molar-refractivity contribution in [3.63, 3.8) is 0 Å². The van der Waals surface area contributed by atoms with E-state index in [9.17, 15) is 4.79 Å². The van der Waals surface area contributed by atoms with E-state index in [0.29, 0.717) is 33.3 Å². The van der Waals surface area contributed by atoms with Gasteiger partial charge in [0.1, 0.15) is 6.61 Å². The fraction of sp³-hybridized carbons (Fsp3) is 0.278. The van der Waals surface area contributed by atoms with Gasteiger partial charge < -0.3 is 9.26 Å². The Hall–Kier alpha value is -2.40. The minimum Gasteiger partial charge on any atom is -0.457 e. The molecular formula is C18H15ClN2O3. The summed E-state index contributed by atoms with van der Waals surface area (Å²) in [5.74, 6) is -0.00476. The summed E-state index contributed by atoms with van der Waals surface area (Å²) < 4.78 is 10.7. The van der Waals surface area contributed by atoms with Crippen molar-refractivity contribution in [2.75, 3.05) is 0 Å². The number of benzene rings is 1. The van der Waals surface area contributed by atoms with Crippen LogP contribution < -0.4 is 0 Å². The highest BCUT2D eigenvalue weighted by atomic mass is 35.5. The van der Waals surface area contributed by atoms with Crippen LogP contribution in [0, 0.1) is 6.92 Å². The number of hydrogen-bond donors (Lipinski definition) is 0. The summed E-state index contributed by atoms with van der Waals surface area (Å²) in [5, 5.41) is 5.16. The second-order valence-corrected chi connectivity index (χ2v) is 6.46. The Kier molecular flexibility index (Phi) is 3.73. The molecule has 0 bridgehead atoms. The summed E-state index contributed by atoms with van der Waals surface area (Å²) in [4.78, 5) is 17.1. The molecule has 1 fully saturated rings. The lowest BCUT2D eigenvalue weighted by Crippen LogP contribution is -2.07. The number of esters is 1. The molecule has 1 saturated carbocycles. The fourth-order valence-corrected chi connectivity index (χ4v) is 2.93. The molecule has 0 unspecified atom stereocenters. The summed E-state index contributed by atoms with van der Waals surface area (Å²) in [6.45, 7) is 1.95. The highest BCUT2D eigenvalue weighted by molar-refractivity contribution is 6.30. The first-order valence-electron chi connectivity index (χ1n) is 7.80. The van der Waals surface area contributed by atoms with Crippen LogP contribution in [-0.4, -0.2) is 16.1 Å². The Bertz CT molecular complexity index is 931. The highest BCUT2D eigenvalue weighted by Crippen LogP contribution is 2.40. The van der Waals surface area contributed by atoms with E-state index in [1.54, 1.807) is 19.1 Å². The van der Waals surface area contributed by atoms with E-state index in [2.05, 4.69) is 10.1 Å². The van der Waals surface area contributed by atoms with Crippen molar-refractivity contribution >= 4 is 28.7 Å².